The molecule has 1 atom stereocenters. The Morgan fingerprint density at radius 2 is 2.03 bits per heavy atom. The van der Waals surface area contributed by atoms with Crippen LogP contribution in [-0.4, -0.2) is 13.0 Å². The molecular weight excluding hydrogens is 386 g/mol. The number of hydrogen-bond acceptors (Lipinski definition) is 5. The Morgan fingerprint density at radius 1 is 1.28 bits per heavy atom. The minimum absolute atomic E-state index is 0.0726. The highest BCUT2D eigenvalue weighted by molar-refractivity contribution is 7.10. The average Bonchev–Trinajstić information content (AvgIpc) is 3.18. The zero-order valence-corrected chi connectivity index (χ0v) is 18.3. The van der Waals surface area contributed by atoms with Crippen molar-refractivity contribution in [1.29, 1.82) is 0 Å². The Labute approximate surface area is 174 Å². The van der Waals surface area contributed by atoms with Crippen LogP contribution in [0.1, 0.15) is 49.2 Å². The maximum Gasteiger partial charge on any atom is 0.339 e. The van der Waals surface area contributed by atoms with Crippen LogP contribution < -0.4 is 15.7 Å². The lowest BCUT2D eigenvalue weighted by atomic mass is 9.85. The van der Waals surface area contributed by atoms with Crippen molar-refractivity contribution in [3.63, 3.8) is 0 Å². The molecule has 1 N–H and O–H groups in total. The van der Waals surface area contributed by atoms with Crippen LogP contribution in [0.3, 0.4) is 0 Å². The summed E-state index contributed by atoms with van der Waals surface area (Å²) in [6.07, 6.45) is 0.564. The Balaban J connectivity index is 1.78. The summed E-state index contributed by atoms with van der Waals surface area (Å²) in [4.78, 5) is 26.3. The van der Waals surface area contributed by atoms with E-state index >= 15 is 0 Å². The molecule has 2 aromatic heterocycles. The molecule has 0 bridgehead atoms. The van der Waals surface area contributed by atoms with E-state index in [4.69, 9.17) is 9.15 Å². The number of hydrogen-bond donors (Lipinski definition) is 1. The lowest BCUT2D eigenvalue weighted by Crippen LogP contribution is -2.36. The quantitative estimate of drug-likeness (QED) is 0.577. The van der Waals surface area contributed by atoms with Crippen molar-refractivity contribution in [2.45, 2.75) is 46.6 Å². The number of ether oxygens (including phenoxy) is 1. The van der Waals surface area contributed by atoms with E-state index in [0.717, 1.165) is 15.8 Å². The standard InChI is InChI=1S/C23H27NO4S/c1-14-16-9-8-15(27-5)13-18(16)28-22(26)17(14)10-11-20(25)24-21(23(2,3)4)19-7-6-12-29-19/h6-9,12-13,21H,10-11H2,1-5H3,(H,24,25). The van der Waals surface area contributed by atoms with Gasteiger partial charge in [-0.15, -0.1) is 11.3 Å². The first-order valence-corrected chi connectivity index (χ1v) is 10.5. The number of fused-ring (bicyclic) bond motifs is 1. The van der Waals surface area contributed by atoms with E-state index in [0.29, 0.717) is 23.3 Å². The molecular formula is C23H27NO4S. The first kappa shape index (κ1) is 21.1. The fourth-order valence-electron chi connectivity index (χ4n) is 3.43. The van der Waals surface area contributed by atoms with Gasteiger partial charge in [-0.2, -0.15) is 0 Å². The first-order chi connectivity index (χ1) is 13.7. The molecule has 0 aliphatic carbocycles. The molecule has 0 fully saturated rings. The van der Waals surface area contributed by atoms with Crippen LogP contribution in [0.25, 0.3) is 11.0 Å². The van der Waals surface area contributed by atoms with Gasteiger partial charge in [0.25, 0.3) is 0 Å². The number of amides is 1. The van der Waals surface area contributed by atoms with Gasteiger partial charge < -0.3 is 14.5 Å². The fourth-order valence-corrected chi connectivity index (χ4v) is 4.45. The molecule has 3 rings (SSSR count). The van der Waals surface area contributed by atoms with Gasteiger partial charge in [0.1, 0.15) is 11.3 Å². The highest BCUT2D eigenvalue weighted by Crippen LogP contribution is 2.35. The molecule has 154 valence electrons. The van der Waals surface area contributed by atoms with Gasteiger partial charge >= 0.3 is 5.63 Å². The molecule has 29 heavy (non-hydrogen) atoms. The summed E-state index contributed by atoms with van der Waals surface area (Å²) >= 11 is 1.63. The third kappa shape index (κ3) is 4.70. The molecule has 1 unspecified atom stereocenters. The van der Waals surface area contributed by atoms with E-state index in [1.165, 1.54) is 0 Å². The Bertz CT molecular complexity index is 1060. The number of nitrogens with one attached hydrogen (secondary N) is 1. The van der Waals surface area contributed by atoms with Crippen LogP contribution in [0.2, 0.25) is 0 Å². The molecule has 0 aliphatic heterocycles. The summed E-state index contributed by atoms with van der Waals surface area (Å²) in [6.45, 7) is 8.21. The van der Waals surface area contributed by atoms with Crippen molar-refractivity contribution >= 4 is 28.2 Å². The Morgan fingerprint density at radius 3 is 2.66 bits per heavy atom. The van der Waals surface area contributed by atoms with Gasteiger partial charge in [0, 0.05) is 28.3 Å². The van der Waals surface area contributed by atoms with E-state index in [1.807, 2.05) is 36.6 Å². The number of carbonyl (C=O) groups is 1. The SMILES string of the molecule is COc1ccc2c(C)c(CCC(=O)NC(c3cccs3)C(C)(C)C)c(=O)oc2c1. The van der Waals surface area contributed by atoms with Crippen molar-refractivity contribution in [1.82, 2.24) is 5.32 Å². The second kappa shape index (κ2) is 8.41. The van der Waals surface area contributed by atoms with Gasteiger partial charge in [-0.3, -0.25) is 4.79 Å². The zero-order valence-electron chi connectivity index (χ0n) is 17.5. The number of benzene rings is 1. The minimum atomic E-state index is -0.401. The Hall–Kier alpha value is -2.60. The van der Waals surface area contributed by atoms with Gasteiger partial charge in [0.05, 0.1) is 13.2 Å². The molecule has 6 heteroatoms. The minimum Gasteiger partial charge on any atom is -0.497 e. The summed E-state index contributed by atoms with van der Waals surface area (Å²) in [7, 11) is 1.57. The van der Waals surface area contributed by atoms with Crippen LogP contribution in [0.5, 0.6) is 5.75 Å². The maximum absolute atomic E-state index is 12.7. The highest BCUT2D eigenvalue weighted by Gasteiger charge is 2.28. The largest absolute Gasteiger partial charge is 0.497 e. The smallest absolute Gasteiger partial charge is 0.339 e. The topological polar surface area (TPSA) is 68.5 Å². The van der Waals surface area contributed by atoms with E-state index < -0.39 is 5.63 Å². The molecule has 1 amide bonds. The summed E-state index contributed by atoms with van der Waals surface area (Å²) in [5, 5.41) is 6.01. The Kier molecular flexibility index (Phi) is 6.13. The van der Waals surface area contributed by atoms with Gasteiger partial charge in [-0.25, -0.2) is 4.79 Å². The monoisotopic (exact) mass is 413 g/mol. The second-order valence-electron chi connectivity index (χ2n) is 8.24. The number of aryl methyl sites for hydroxylation is 1. The number of carbonyl (C=O) groups excluding carboxylic acids is 1. The highest BCUT2D eigenvalue weighted by atomic mass is 32.1. The van der Waals surface area contributed by atoms with Gasteiger partial charge in [0.2, 0.25) is 5.91 Å². The first-order valence-electron chi connectivity index (χ1n) is 9.64. The lowest BCUT2D eigenvalue weighted by Gasteiger charge is -2.30. The fraction of sp³-hybridized carbons (Fsp3) is 0.391. The second-order valence-corrected chi connectivity index (χ2v) is 9.22. The zero-order chi connectivity index (χ0) is 21.2. The van der Waals surface area contributed by atoms with Crippen LogP contribution in [0.4, 0.5) is 0 Å². The summed E-state index contributed by atoms with van der Waals surface area (Å²) < 4.78 is 10.7. The van der Waals surface area contributed by atoms with Crippen molar-refractivity contribution in [3.05, 3.63) is 62.1 Å². The van der Waals surface area contributed by atoms with Crippen molar-refractivity contribution in [2.75, 3.05) is 7.11 Å². The lowest BCUT2D eigenvalue weighted by molar-refractivity contribution is -0.122. The number of methoxy groups -OCH3 is 1. The molecule has 2 heterocycles. The van der Waals surface area contributed by atoms with Gasteiger partial charge in [-0.1, -0.05) is 26.8 Å². The number of thiophene rings is 1. The molecule has 0 saturated heterocycles. The maximum atomic E-state index is 12.7. The van der Waals surface area contributed by atoms with Crippen LogP contribution in [0, 0.1) is 12.3 Å². The van der Waals surface area contributed by atoms with E-state index in [2.05, 4.69) is 26.1 Å². The number of rotatable bonds is 6. The molecule has 0 aliphatic rings. The normalized spacial score (nSPS) is 12.7. The van der Waals surface area contributed by atoms with Gasteiger partial charge in [-0.05, 0) is 47.9 Å². The third-order valence-corrected chi connectivity index (χ3v) is 6.03. The van der Waals surface area contributed by atoms with Crippen molar-refractivity contribution in [3.8, 4) is 5.75 Å². The molecule has 5 nitrogen and oxygen atoms in total. The average molecular weight is 414 g/mol. The van der Waals surface area contributed by atoms with Crippen LogP contribution in [-0.2, 0) is 11.2 Å². The molecule has 0 radical (unpaired) electrons. The van der Waals surface area contributed by atoms with Gasteiger partial charge in [0.15, 0.2) is 0 Å². The van der Waals surface area contributed by atoms with Crippen LogP contribution >= 0.6 is 11.3 Å². The van der Waals surface area contributed by atoms with Crippen molar-refractivity contribution < 1.29 is 13.9 Å². The summed E-state index contributed by atoms with van der Waals surface area (Å²) in [6, 6.07) is 9.37. The molecule has 1 aromatic carbocycles. The molecule has 0 saturated carbocycles. The molecule has 0 spiro atoms. The third-order valence-electron chi connectivity index (χ3n) is 5.10. The van der Waals surface area contributed by atoms with Crippen LogP contribution in [0.15, 0.2) is 44.9 Å². The predicted octanol–water partition coefficient (Wildman–Crippen LogP) is 5.01. The predicted molar refractivity (Wildman–Crippen MR) is 117 cm³/mol. The van der Waals surface area contributed by atoms with E-state index in [-0.39, 0.29) is 23.8 Å². The van der Waals surface area contributed by atoms with Crippen molar-refractivity contribution in [2.24, 2.45) is 5.41 Å². The molecule has 3 aromatic rings. The summed E-state index contributed by atoms with van der Waals surface area (Å²) in [5.74, 6) is 0.556. The summed E-state index contributed by atoms with van der Waals surface area (Å²) in [5.41, 5.74) is 1.36. The van der Waals surface area contributed by atoms with E-state index in [1.54, 1.807) is 24.5 Å². The van der Waals surface area contributed by atoms with E-state index in [9.17, 15) is 9.59 Å².